The zero-order chi connectivity index (χ0) is 18.6. The third-order valence-corrected chi connectivity index (χ3v) is 4.82. The van der Waals surface area contributed by atoms with Gasteiger partial charge in [0.25, 0.3) is 11.8 Å². The summed E-state index contributed by atoms with van der Waals surface area (Å²) in [6, 6.07) is 14.2. The Labute approximate surface area is 157 Å². The molecule has 0 N–H and O–H groups in total. The molecule has 0 bridgehead atoms. The number of nitrogens with zero attached hydrogens (tertiary/aromatic N) is 3. The molecule has 1 amide bonds. The maximum atomic E-state index is 12.8. The molecule has 2 heterocycles. The maximum absolute atomic E-state index is 12.8. The van der Waals surface area contributed by atoms with E-state index in [9.17, 15) is 4.79 Å². The van der Waals surface area contributed by atoms with E-state index in [2.05, 4.69) is 28.2 Å². The summed E-state index contributed by atoms with van der Waals surface area (Å²) in [7, 11) is 1.53. The molecule has 2 aromatic carbocycles. The maximum Gasteiger partial charge on any atom is 0.278 e. The molecule has 0 aliphatic carbocycles. The van der Waals surface area contributed by atoms with Crippen LogP contribution in [0.4, 0.5) is 0 Å². The minimum Gasteiger partial charge on any atom is -0.477 e. The minimum atomic E-state index is -0.105. The van der Waals surface area contributed by atoms with Gasteiger partial charge in [-0.05, 0) is 16.3 Å². The van der Waals surface area contributed by atoms with Gasteiger partial charge in [0.2, 0.25) is 5.91 Å². The average molecular weight is 363 g/mol. The topological polar surface area (TPSA) is 64.6 Å². The molecule has 0 radical (unpaired) electrons. The lowest BCUT2D eigenvalue weighted by molar-refractivity contribution is -0.129. The fourth-order valence-corrected chi connectivity index (χ4v) is 3.46. The number of benzene rings is 2. The molecule has 1 fully saturated rings. The first-order valence-electron chi connectivity index (χ1n) is 9.00. The monoisotopic (exact) mass is 363 g/mol. The van der Waals surface area contributed by atoms with Crippen LogP contribution in [0, 0.1) is 0 Å². The summed E-state index contributed by atoms with van der Waals surface area (Å²) in [5.41, 5.74) is 1.05. The molecule has 1 aliphatic heterocycles. The first kappa shape index (κ1) is 17.3. The molecule has 0 saturated carbocycles. The standard InChI is InChI=1S/C21H21N3O3/c1-26-20-21(23-11-10-22-20)27-17-9-12-24(14-17)19(25)13-16-7-4-6-15-5-2-3-8-18(15)16/h2-8,10-11,17H,9,12-14H2,1H3. The SMILES string of the molecule is COc1nccnc1OC1CCN(C(=O)Cc2cccc3ccccc23)C1. The van der Waals surface area contributed by atoms with Gasteiger partial charge >= 0.3 is 0 Å². The van der Waals surface area contributed by atoms with E-state index in [0.29, 0.717) is 31.3 Å². The molecule has 6 nitrogen and oxygen atoms in total. The number of hydrogen-bond acceptors (Lipinski definition) is 5. The van der Waals surface area contributed by atoms with E-state index in [1.807, 2.05) is 29.2 Å². The number of rotatable bonds is 5. The molecule has 138 valence electrons. The number of amides is 1. The molecule has 1 atom stereocenters. The van der Waals surface area contributed by atoms with Gasteiger partial charge in [-0.3, -0.25) is 4.79 Å². The molecule has 3 aromatic rings. The number of aromatic nitrogens is 2. The first-order valence-corrected chi connectivity index (χ1v) is 9.00. The van der Waals surface area contributed by atoms with Gasteiger partial charge in [-0.2, -0.15) is 0 Å². The lowest BCUT2D eigenvalue weighted by Crippen LogP contribution is -2.32. The van der Waals surface area contributed by atoms with Gasteiger partial charge in [0.05, 0.1) is 20.1 Å². The largest absolute Gasteiger partial charge is 0.477 e. The third-order valence-electron chi connectivity index (χ3n) is 4.82. The van der Waals surface area contributed by atoms with Crippen molar-refractivity contribution >= 4 is 16.7 Å². The summed E-state index contributed by atoms with van der Waals surface area (Å²) >= 11 is 0. The number of methoxy groups -OCH3 is 1. The molecule has 1 aromatic heterocycles. The second-order valence-corrected chi connectivity index (χ2v) is 6.55. The van der Waals surface area contributed by atoms with Gasteiger partial charge in [-0.1, -0.05) is 42.5 Å². The van der Waals surface area contributed by atoms with Gasteiger partial charge in [0.15, 0.2) is 0 Å². The summed E-state index contributed by atoms with van der Waals surface area (Å²) < 4.78 is 11.1. The van der Waals surface area contributed by atoms with Crippen LogP contribution in [0.25, 0.3) is 10.8 Å². The predicted octanol–water partition coefficient (Wildman–Crippen LogP) is 2.86. The zero-order valence-corrected chi connectivity index (χ0v) is 15.2. The molecule has 1 unspecified atom stereocenters. The predicted molar refractivity (Wildman–Crippen MR) is 102 cm³/mol. The van der Waals surface area contributed by atoms with Gasteiger partial charge in [-0.25, -0.2) is 9.97 Å². The van der Waals surface area contributed by atoms with E-state index in [-0.39, 0.29) is 12.0 Å². The van der Waals surface area contributed by atoms with Crippen molar-refractivity contribution in [2.45, 2.75) is 18.9 Å². The summed E-state index contributed by atoms with van der Waals surface area (Å²) in [5.74, 6) is 0.843. The third kappa shape index (κ3) is 3.69. The Kier molecular flexibility index (Phi) is 4.87. The smallest absolute Gasteiger partial charge is 0.278 e. The first-order chi connectivity index (χ1) is 13.2. The van der Waals surface area contributed by atoms with E-state index in [1.54, 1.807) is 12.4 Å². The van der Waals surface area contributed by atoms with Crippen molar-refractivity contribution < 1.29 is 14.3 Å². The van der Waals surface area contributed by atoms with Crippen LogP contribution in [0.1, 0.15) is 12.0 Å². The van der Waals surface area contributed by atoms with Crippen LogP contribution in [0.15, 0.2) is 54.9 Å². The lowest BCUT2D eigenvalue weighted by atomic mass is 10.0. The van der Waals surface area contributed by atoms with Crippen LogP contribution in [0.5, 0.6) is 11.8 Å². The highest BCUT2D eigenvalue weighted by atomic mass is 16.5. The Bertz CT molecular complexity index is 955. The second kappa shape index (κ2) is 7.61. The second-order valence-electron chi connectivity index (χ2n) is 6.55. The number of ether oxygens (including phenoxy) is 2. The summed E-state index contributed by atoms with van der Waals surface area (Å²) in [6.45, 7) is 1.22. The van der Waals surface area contributed by atoms with Crippen molar-refractivity contribution in [2.75, 3.05) is 20.2 Å². The van der Waals surface area contributed by atoms with Crippen LogP contribution >= 0.6 is 0 Å². The van der Waals surface area contributed by atoms with E-state index < -0.39 is 0 Å². The summed E-state index contributed by atoms with van der Waals surface area (Å²) in [5, 5.41) is 2.28. The molecular formula is C21H21N3O3. The molecule has 1 saturated heterocycles. The fraction of sp³-hybridized carbons (Fsp3) is 0.286. The number of likely N-dealkylation sites (tertiary alicyclic amines) is 1. The Hall–Kier alpha value is -3.15. The fourth-order valence-electron chi connectivity index (χ4n) is 3.46. The summed E-state index contributed by atoms with van der Waals surface area (Å²) in [6.07, 6.45) is 4.17. The number of carbonyl (C=O) groups is 1. The summed E-state index contributed by atoms with van der Waals surface area (Å²) in [4.78, 5) is 22.9. The Balaban J connectivity index is 1.42. The van der Waals surface area contributed by atoms with Crippen LogP contribution in [0.3, 0.4) is 0 Å². The lowest BCUT2D eigenvalue weighted by Gasteiger charge is -2.18. The molecule has 1 aliphatic rings. The highest BCUT2D eigenvalue weighted by molar-refractivity contribution is 5.90. The number of fused-ring (bicyclic) bond motifs is 1. The van der Waals surface area contributed by atoms with E-state index in [1.165, 1.54) is 7.11 Å². The van der Waals surface area contributed by atoms with Crippen LogP contribution in [0.2, 0.25) is 0 Å². The van der Waals surface area contributed by atoms with Crippen LogP contribution < -0.4 is 9.47 Å². The molecule has 27 heavy (non-hydrogen) atoms. The number of carbonyl (C=O) groups excluding carboxylic acids is 1. The Morgan fingerprint density at radius 1 is 1.11 bits per heavy atom. The zero-order valence-electron chi connectivity index (χ0n) is 15.2. The molecule has 6 heteroatoms. The van der Waals surface area contributed by atoms with Gasteiger partial charge < -0.3 is 14.4 Å². The molecule has 0 spiro atoms. The normalized spacial score (nSPS) is 16.5. The minimum absolute atomic E-state index is 0.105. The van der Waals surface area contributed by atoms with E-state index >= 15 is 0 Å². The van der Waals surface area contributed by atoms with Crippen molar-refractivity contribution in [2.24, 2.45) is 0 Å². The van der Waals surface area contributed by atoms with Crippen molar-refractivity contribution in [1.82, 2.24) is 14.9 Å². The number of hydrogen-bond donors (Lipinski definition) is 0. The van der Waals surface area contributed by atoms with Gasteiger partial charge in [-0.15, -0.1) is 0 Å². The highest BCUT2D eigenvalue weighted by Crippen LogP contribution is 2.25. The Morgan fingerprint density at radius 3 is 2.74 bits per heavy atom. The van der Waals surface area contributed by atoms with E-state index in [0.717, 1.165) is 22.8 Å². The van der Waals surface area contributed by atoms with Crippen LogP contribution in [-0.2, 0) is 11.2 Å². The van der Waals surface area contributed by atoms with Gasteiger partial charge in [0.1, 0.15) is 6.10 Å². The molecular weight excluding hydrogens is 342 g/mol. The molecule has 4 rings (SSSR count). The van der Waals surface area contributed by atoms with Crippen molar-refractivity contribution in [3.63, 3.8) is 0 Å². The highest BCUT2D eigenvalue weighted by Gasteiger charge is 2.29. The Morgan fingerprint density at radius 2 is 1.89 bits per heavy atom. The quantitative estimate of drug-likeness (QED) is 0.697. The van der Waals surface area contributed by atoms with Crippen molar-refractivity contribution in [1.29, 1.82) is 0 Å². The van der Waals surface area contributed by atoms with E-state index in [4.69, 9.17) is 9.47 Å². The van der Waals surface area contributed by atoms with Gasteiger partial charge in [0, 0.05) is 25.4 Å². The van der Waals surface area contributed by atoms with Crippen molar-refractivity contribution in [3.05, 3.63) is 60.4 Å². The average Bonchev–Trinajstić information content (AvgIpc) is 3.17. The van der Waals surface area contributed by atoms with Crippen molar-refractivity contribution in [3.8, 4) is 11.8 Å². The van der Waals surface area contributed by atoms with Crippen LogP contribution in [-0.4, -0.2) is 47.1 Å².